The van der Waals surface area contributed by atoms with Crippen LogP contribution >= 0.6 is 15.9 Å². The molecule has 0 amide bonds. The molecule has 0 spiro atoms. The molecule has 0 aliphatic rings. The van der Waals surface area contributed by atoms with Crippen LogP contribution in [0.1, 0.15) is 26.3 Å². The topological polar surface area (TPSA) is 40.7 Å². The maximum absolute atomic E-state index is 4.36. The summed E-state index contributed by atoms with van der Waals surface area (Å²) in [5.41, 5.74) is 3.34. The fraction of sp³-hybridized carbons (Fsp3) is 0.357. The van der Waals surface area contributed by atoms with E-state index in [1.165, 1.54) is 0 Å². The van der Waals surface area contributed by atoms with Crippen LogP contribution < -0.4 is 5.32 Å². The van der Waals surface area contributed by atoms with Crippen LogP contribution in [0.5, 0.6) is 0 Å². The van der Waals surface area contributed by atoms with Gasteiger partial charge in [0, 0.05) is 21.1 Å². The zero-order valence-electron chi connectivity index (χ0n) is 11.1. The molecule has 0 fully saturated rings. The number of anilines is 1. The quantitative estimate of drug-likeness (QED) is 0.865. The number of rotatable bonds is 2. The van der Waals surface area contributed by atoms with Gasteiger partial charge in [0.25, 0.3) is 0 Å². The van der Waals surface area contributed by atoms with Gasteiger partial charge in [0.2, 0.25) is 0 Å². The number of halogens is 1. The molecule has 3 nitrogen and oxygen atoms in total. The average molecular weight is 308 g/mol. The minimum atomic E-state index is 0.00843. The number of nitrogens with one attached hydrogen (secondary N) is 2. The van der Waals surface area contributed by atoms with Crippen molar-refractivity contribution in [3.05, 3.63) is 34.3 Å². The summed E-state index contributed by atoms with van der Waals surface area (Å²) >= 11 is 3.49. The lowest BCUT2D eigenvalue weighted by Gasteiger charge is -2.20. The van der Waals surface area contributed by atoms with Crippen LogP contribution in [0.2, 0.25) is 0 Å². The molecule has 18 heavy (non-hydrogen) atoms. The van der Waals surface area contributed by atoms with Crippen LogP contribution in [0.25, 0.3) is 11.3 Å². The van der Waals surface area contributed by atoms with Gasteiger partial charge in [-0.25, -0.2) is 0 Å². The number of hydrogen-bond acceptors (Lipinski definition) is 2. The van der Waals surface area contributed by atoms with Gasteiger partial charge in [-0.1, -0.05) is 28.1 Å². The van der Waals surface area contributed by atoms with Crippen molar-refractivity contribution in [3.8, 4) is 11.3 Å². The van der Waals surface area contributed by atoms with Crippen LogP contribution in [-0.2, 0) is 0 Å². The van der Waals surface area contributed by atoms with Crippen molar-refractivity contribution in [3.63, 3.8) is 0 Å². The fourth-order valence-electron chi connectivity index (χ4n) is 1.80. The Kier molecular flexibility index (Phi) is 3.48. The Morgan fingerprint density at radius 1 is 1.28 bits per heavy atom. The second-order valence-electron chi connectivity index (χ2n) is 5.46. The molecule has 0 aliphatic carbocycles. The Bertz CT molecular complexity index is 552. The number of benzene rings is 1. The van der Waals surface area contributed by atoms with Gasteiger partial charge in [-0.3, -0.25) is 5.10 Å². The summed E-state index contributed by atoms with van der Waals surface area (Å²) in [7, 11) is 0. The summed E-state index contributed by atoms with van der Waals surface area (Å²) in [6.07, 6.45) is 0. The SMILES string of the molecule is Cc1c(NC(C)(C)C)n[nH]c1-c1cccc(Br)c1. The van der Waals surface area contributed by atoms with Crippen molar-refractivity contribution < 1.29 is 0 Å². The predicted molar refractivity (Wildman–Crippen MR) is 79.8 cm³/mol. The summed E-state index contributed by atoms with van der Waals surface area (Å²) in [5.74, 6) is 0.914. The highest BCUT2D eigenvalue weighted by Gasteiger charge is 2.16. The first-order valence-electron chi connectivity index (χ1n) is 5.96. The van der Waals surface area contributed by atoms with E-state index in [0.717, 1.165) is 27.1 Å². The summed E-state index contributed by atoms with van der Waals surface area (Å²) in [6, 6.07) is 8.20. The van der Waals surface area contributed by atoms with Crippen LogP contribution in [0.4, 0.5) is 5.82 Å². The van der Waals surface area contributed by atoms with Crippen molar-refractivity contribution in [2.45, 2.75) is 33.2 Å². The number of aromatic amines is 1. The molecular weight excluding hydrogens is 290 g/mol. The smallest absolute Gasteiger partial charge is 0.151 e. The third-order valence-electron chi connectivity index (χ3n) is 2.62. The standard InChI is InChI=1S/C14H18BrN3/c1-9-12(10-6-5-7-11(15)8-10)17-18-13(9)16-14(2,3)4/h5-8H,1-4H3,(H2,16,17,18). The van der Waals surface area contributed by atoms with E-state index in [0.29, 0.717) is 0 Å². The molecule has 2 rings (SSSR count). The third-order valence-corrected chi connectivity index (χ3v) is 3.11. The second-order valence-corrected chi connectivity index (χ2v) is 6.37. The molecule has 1 aromatic heterocycles. The zero-order valence-corrected chi connectivity index (χ0v) is 12.7. The van der Waals surface area contributed by atoms with E-state index >= 15 is 0 Å². The lowest BCUT2D eigenvalue weighted by atomic mass is 10.1. The van der Waals surface area contributed by atoms with Gasteiger partial charge in [0.1, 0.15) is 0 Å². The highest BCUT2D eigenvalue weighted by atomic mass is 79.9. The summed E-state index contributed by atoms with van der Waals surface area (Å²) < 4.78 is 1.07. The molecule has 1 heterocycles. The number of hydrogen-bond donors (Lipinski definition) is 2. The Labute approximate surface area is 116 Å². The maximum Gasteiger partial charge on any atom is 0.151 e. The molecule has 0 saturated carbocycles. The highest BCUT2D eigenvalue weighted by Crippen LogP contribution is 2.28. The number of nitrogens with zero attached hydrogens (tertiary/aromatic N) is 1. The summed E-state index contributed by atoms with van der Waals surface area (Å²) in [5, 5.41) is 10.9. The molecule has 0 aliphatic heterocycles. The molecule has 4 heteroatoms. The molecule has 0 unspecified atom stereocenters. The Balaban J connectivity index is 2.37. The van der Waals surface area contributed by atoms with Crippen LogP contribution in [0.15, 0.2) is 28.7 Å². The maximum atomic E-state index is 4.36. The first kappa shape index (κ1) is 13.1. The van der Waals surface area contributed by atoms with Crippen molar-refractivity contribution >= 4 is 21.7 Å². The van der Waals surface area contributed by atoms with Gasteiger partial charge in [-0.05, 0) is 39.8 Å². The lowest BCUT2D eigenvalue weighted by Crippen LogP contribution is -2.26. The minimum Gasteiger partial charge on any atom is -0.364 e. The van der Waals surface area contributed by atoms with Crippen molar-refractivity contribution in [2.24, 2.45) is 0 Å². The largest absolute Gasteiger partial charge is 0.364 e. The Hall–Kier alpha value is -1.29. The van der Waals surface area contributed by atoms with E-state index < -0.39 is 0 Å². The van der Waals surface area contributed by atoms with E-state index in [9.17, 15) is 0 Å². The van der Waals surface area contributed by atoms with Gasteiger partial charge < -0.3 is 5.32 Å². The summed E-state index contributed by atoms with van der Waals surface area (Å²) in [6.45, 7) is 8.45. The molecular formula is C14H18BrN3. The van der Waals surface area contributed by atoms with E-state index in [-0.39, 0.29) is 5.54 Å². The predicted octanol–water partition coefficient (Wildman–Crippen LogP) is 4.36. The average Bonchev–Trinajstić information content (AvgIpc) is 2.58. The number of H-pyrrole nitrogens is 1. The fourth-order valence-corrected chi connectivity index (χ4v) is 2.20. The summed E-state index contributed by atoms with van der Waals surface area (Å²) in [4.78, 5) is 0. The molecule has 0 saturated heterocycles. The van der Waals surface area contributed by atoms with Crippen LogP contribution in [0.3, 0.4) is 0 Å². The first-order valence-corrected chi connectivity index (χ1v) is 6.75. The van der Waals surface area contributed by atoms with E-state index in [1.807, 2.05) is 12.1 Å². The second kappa shape index (κ2) is 4.76. The van der Waals surface area contributed by atoms with Gasteiger partial charge in [0.15, 0.2) is 5.82 Å². The minimum absolute atomic E-state index is 0.00843. The van der Waals surface area contributed by atoms with E-state index in [4.69, 9.17) is 0 Å². The van der Waals surface area contributed by atoms with Crippen molar-refractivity contribution in [2.75, 3.05) is 5.32 Å². The third kappa shape index (κ3) is 2.93. The van der Waals surface area contributed by atoms with Gasteiger partial charge in [-0.2, -0.15) is 5.10 Å². The number of aromatic nitrogens is 2. The van der Waals surface area contributed by atoms with Gasteiger partial charge in [-0.15, -0.1) is 0 Å². The first-order chi connectivity index (χ1) is 8.37. The van der Waals surface area contributed by atoms with Crippen molar-refractivity contribution in [1.82, 2.24) is 10.2 Å². The van der Waals surface area contributed by atoms with Crippen molar-refractivity contribution in [1.29, 1.82) is 0 Å². The Morgan fingerprint density at radius 3 is 2.61 bits per heavy atom. The zero-order chi connectivity index (χ0) is 13.3. The van der Waals surface area contributed by atoms with E-state index in [1.54, 1.807) is 0 Å². The molecule has 1 aromatic carbocycles. The normalized spacial score (nSPS) is 11.6. The lowest BCUT2D eigenvalue weighted by molar-refractivity contribution is 0.629. The van der Waals surface area contributed by atoms with Gasteiger partial charge in [0.05, 0.1) is 5.69 Å². The van der Waals surface area contributed by atoms with Gasteiger partial charge >= 0.3 is 0 Å². The van der Waals surface area contributed by atoms with Crippen LogP contribution in [0, 0.1) is 6.92 Å². The molecule has 2 N–H and O–H groups in total. The van der Waals surface area contributed by atoms with Crippen LogP contribution in [-0.4, -0.2) is 15.7 Å². The monoisotopic (exact) mass is 307 g/mol. The molecule has 0 radical (unpaired) electrons. The molecule has 2 aromatic rings. The molecule has 96 valence electrons. The highest BCUT2D eigenvalue weighted by molar-refractivity contribution is 9.10. The molecule has 0 bridgehead atoms. The Morgan fingerprint density at radius 2 is 2.00 bits per heavy atom. The van der Waals surface area contributed by atoms with E-state index in [2.05, 4.69) is 71.3 Å². The molecule has 0 atom stereocenters.